The van der Waals surface area contributed by atoms with E-state index in [1.807, 2.05) is 19.0 Å². The van der Waals surface area contributed by atoms with Crippen molar-refractivity contribution in [2.45, 2.75) is 18.9 Å². The van der Waals surface area contributed by atoms with Gasteiger partial charge in [-0.25, -0.2) is 8.42 Å². The van der Waals surface area contributed by atoms with E-state index in [9.17, 15) is 13.2 Å². The Hall–Kier alpha value is -0.660. The summed E-state index contributed by atoms with van der Waals surface area (Å²) in [5.74, 6) is -0.341. The molecule has 0 aliphatic rings. The van der Waals surface area contributed by atoms with Crippen LogP contribution in [0.25, 0.3) is 0 Å². The summed E-state index contributed by atoms with van der Waals surface area (Å²) in [6, 6.07) is -0.746. The van der Waals surface area contributed by atoms with Gasteiger partial charge in [0.15, 0.2) is 0 Å². The third-order valence-electron chi connectivity index (χ3n) is 2.22. The fourth-order valence-electron chi connectivity index (χ4n) is 1.21. The average molecular weight is 265 g/mol. The highest BCUT2D eigenvalue weighted by molar-refractivity contribution is 7.90. The first-order chi connectivity index (χ1) is 7.72. The molecule has 1 amide bonds. The second-order valence-electron chi connectivity index (χ2n) is 4.47. The largest absolute Gasteiger partial charge is 0.355 e. The predicted molar refractivity (Wildman–Crippen MR) is 68.5 cm³/mol. The second-order valence-corrected chi connectivity index (χ2v) is 6.73. The van der Waals surface area contributed by atoms with Crippen LogP contribution in [0.3, 0.4) is 0 Å². The molecule has 0 rings (SSSR count). The molecular weight excluding hydrogens is 242 g/mol. The first-order valence-electron chi connectivity index (χ1n) is 5.58. The summed E-state index contributed by atoms with van der Waals surface area (Å²) >= 11 is 0. The van der Waals surface area contributed by atoms with Crippen LogP contribution in [0.2, 0.25) is 0 Å². The molecule has 6 nitrogen and oxygen atoms in total. The van der Waals surface area contributed by atoms with Gasteiger partial charge in [0.05, 0.1) is 11.8 Å². The summed E-state index contributed by atoms with van der Waals surface area (Å²) in [5.41, 5.74) is 5.58. The predicted octanol–water partition coefficient (Wildman–Crippen LogP) is -1.18. The molecule has 0 aromatic carbocycles. The Labute approximate surface area is 103 Å². The molecule has 0 spiro atoms. The zero-order chi connectivity index (χ0) is 13.5. The molecule has 0 aliphatic carbocycles. The number of carbonyl (C=O) groups is 1. The molecule has 102 valence electrons. The number of nitrogens with one attached hydrogen (secondary N) is 1. The van der Waals surface area contributed by atoms with E-state index < -0.39 is 15.9 Å². The normalized spacial score (nSPS) is 13.7. The van der Waals surface area contributed by atoms with Gasteiger partial charge in [0.1, 0.15) is 9.84 Å². The topological polar surface area (TPSA) is 92.5 Å². The van der Waals surface area contributed by atoms with E-state index in [1.165, 1.54) is 0 Å². The van der Waals surface area contributed by atoms with Gasteiger partial charge < -0.3 is 16.0 Å². The summed E-state index contributed by atoms with van der Waals surface area (Å²) < 4.78 is 21.8. The molecule has 17 heavy (non-hydrogen) atoms. The molecule has 0 saturated carbocycles. The van der Waals surface area contributed by atoms with Crippen LogP contribution in [-0.2, 0) is 14.6 Å². The van der Waals surface area contributed by atoms with Crippen LogP contribution in [-0.4, -0.2) is 64.5 Å². The summed E-state index contributed by atoms with van der Waals surface area (Å²) in [5, 5.41) is 2.69. The molecule has 0 aromatic rings. The fraction of sp³-hybridized carbons (Fsp3) is 0.900. The highest BCUT2D eigenvalue weighted by Gasteiger charge is 2.15. The van der Waals surface area contributed by atoms with Crippen molar-refractivity contribution in [3.05, 3.63) is 0 Å². The Kier molecular flexibility index (Phi) is 7.33. The molecule has 0 radical (unpaired) electrons. The summed E-state index contributed by atoms with van der Waals surface area (Å²) in [7, 11) is 0.860. The molecule has 7 heteroatoms. The molecule has 0 saturated heterocycles. The molecule has 0 aromatic heterocycles. The van der Waals surface area contributed by atoms with Gasteiger partial charge in [-0.15, -0.1) is 0 Å². The number of rotatable bonds is 8. The Morgan fingerprint density at radius 3 is 2.47 bits per heavy atom. The number of nitrogens with zero attached hydrogens (tertiary/aromatic N) is 1. The lowest BCUT2D eigenvalue weighted by Crippen LogP contribution is -2.42. The lowest BCUT2D eigenvalue weighted by Gasteiger charge is -2.13. The Balaban J connectivity index is 3.75. The van der Waals surface area contributed by atoms with Crippen molar-refractivity contribution in [2.75, 3.05) is 39.2 Å². The minimum atomic E-state index is -3.06. The van der Waals surface area contributed by atoms with Gasteiger partial charge in [-0.3, -0.25) is 4.79 Å². The highest BCUT2D eigenvalue weighted by atomic mass is 32.2. The smallest absolute Gasteiger partial charge is 0.236 e. The number of hydrogen-bond donors (Lipinski definition) is 2. The standard InChI is InChI=1S/C10H23N3O3S/c1-13(2)7-4-6-12-10(14)9(11)5-8-17(3,15)16/h9H,4-8,11H2,1-3H3,(H,12,14). The highest BCUT2D eigenvalue weighted by Crippen LogP contribution is 1.94. The second kappa shape index (κ2) is 7.62. The lowest BCUT2D eigenvalue weighted by molar-refractivity contribution is -0.122. The van der Waals surface area contributed by atoms with Gasteiger partial charge in [-0.1, -0.05) is 0 Å². The van der Waals surface area contributed by atoms with Crippen LogP contribution in [0.1, 0.15) is 12.8 Å². The summed E-state index contributed by atoms with van der Waals surface area (Å²) in [6.45, 7) is 1.45. The fourth-order valence-corrected chi connectivity index (χ4v) is 1.89. The zero-order valence-electron chi connectivity index (χ0n) is 10.8. The van der Waals surface area contributed by atoms with Crippen LogP contribution < -0.4 is 11.1 Å². The minimum absolute atomic E-state index is 0.0563. The third kappa shape index (κ3) is 10.2. The minimum Gasteiger partial charge on any atom is -0.355 e. The molecule has 3 N–H and O–H groups in total. The quantitative estimate of drug-likeness (QED) is 0.539. The van der Waals surface area contributed by atoms with Gasteiger partial charge in [0.2, 0.25) is 5.91 Å². The van der Waals surface area contributed by atoms with Crippen molar-refractivity contribution in [3.8, 4) is 0 Å². The number of hydrogen-bond acceptors (Lipinski definition) is 5. The van der Waals surface area contributed by atoms with Crippen LogP contribution in [0, 0.1) is 0 Å². The zero-order valence-corrected chi connectivity index (χ0v) is 11.6. The van der Waals surface area contributed by atoms with Gasteiger partial charge in [-0.2, -0.15) is 0 Å². The van der Waals surface area contributed by atoms with Crippen LogP contribution in [0.4, 0.5) is 0 Å². The van der Waals surface area contributed by atoms with Gasteiger partial charge in [0, 0.05) is 12.8 Å². The average Bonchev–Trinajstić information content (AvgIpc) is 2.19. The number of carbonyl (C=O) groups excluding carboxylic acids is 1. The summed E-state index contributed by atoms with van der Waals surface area (Å²) in [6.07, 6.45) is 2.14. The van der Waals surface area contributed by atoms with E-state index in [1.54, 1.807) is 0 Å². The van der Waals surface area contributed by atoms with Gasteiger partial charge in [-0.05, 0) is 33.5 Å². The number of nitrogens with two attached hydrogens (primary N) is 1. The van der Waals surface area contributed by atoms with Crippen molar-refractivity contribution >= 4 is 15.7 Å². The van der Waals surface area contributed by atoms with Crippen molar-refractivity contribution < 1.29 is 13.2 Å². The molecule has 1 unspecified atom stereocenters. The summed E-state index contributed by atoms with van der Waals surface area (Å²) in [4.78, 5) is 13.5. The first kappa shape index (κ1) is 16.3. The maximum atomic E-state index is 11.5. The molecule has 0 aliphatic heterocycles. The van der Waals surface area contributed by atoms with E-state index in [0.717, 1.165) is 19.2 Å². The maximum Gasteiger partial charge on any atom is 0.236 e. The Morgan fingerprint density at radius 1 is 1.41 bits per heavy atom. The molecule has 1 atom stereocenters. The van der Waals surface area contributed by atoms with Crippen molar-refractivity contribution in [2.24, 2.45) is 5.73 Å². The number of amides is 1. The Morgan fingerprint density at radius 2 is 2.00 bits per heavy atom. The van der Waals surface area contributed by atoms with Crippen LogP contribution >= 0.6 is 0 Å². The molecule has 0 heterocycles. The maximum absolute atomic E-state index is 11.5. The van der Waals surface area contributed by atoms with E-state index in [4.69, 9.17) is 5.73 Å². The SMILES string of the molecule is CN(C)CCCNC(=O)C(N)CCS(C)(=O)=O. The third-order valence-corrected chi connectivity index (χ3v) is 3.20. The van der Waals surface area contributed by atoms with Gasteiger partial charge in [0.25, 0.3) is 0 Å². The van der Waals surface area contributed by atoms with Gasteiger partial charge >= 0.3 is 0 Å². The van der Waals surface area contributed by atoms with Crippen molar-refractivity contribution in [1.82, 2.24) is 10.2 Å². The van der Waals surface area contributed by atoms with E-state index in [2.05, 4.69) is 5.32 Å². The Bertz CT molecular complexity index is 328. The molecular formula is C10H23N3O3S. The van der Waals surface area contributed by atoms with Crippen molar-refractivity contribution in [1.29, 1.82) is 0 Å². The van der Waals surface area contributed by atoms with E-state index in [0.29, 0.717) is 6.54 Å². The molecule has 0 bridgehead atoms. The lowest BCUT2D eigenvalue weighted by atomic mass is 10.2. The first-order valence-corrected chi connectivity index (χ1v) is 7.64. The van der Waals surface area contributed by atoms with E-state index in [-0.39, 0.29) is 18.1 Å². The monoisotopic (exact) mass is 265 g/mol. The van der Waals surface area contributed by atoms with Crippen molar-refractivity contribution in [3.63, 3.8) is 0 Å². The number of sulfone groups is 1. The van der Waals surface area contributed by atoms with E-state index >= 15 is 0 Å². The molecule has 0 fully saturated rings. The van der Waals surface area contributed by atoms with Crippen LogP contribution in [0.15, 0.2) is 0 Å². The van der Waals surface area contributed by atoms with Crippen LogP contribution in [0.5, 0.6) is 0 Å².